The molecule has 0 aliphatic heterocycles. The van der Waals surface area contributed by atoms with Crippen molar-refractivity contribution in [2.75, 3.05) is 18.0 Å². The second-order valence-electron chi connectivity index (χ2n) is 3.60. The summed E-state index contributed by atoms with van der Waals surface area (Å²) in [4.78, 5) is 2.15. The van der Waals surface area contributed by atoms with Crippen LogP contribution in [0.5, 0.6) is 0 Å². The van der Waals surface area contributed by atoms with Crippen molar-refractivity contribution in [3.8, 4) is 6.07 Å². The highest BCUT2D eigenvalue weighted by Gasteiger charge is 2.08. The van der Waals surface area contributed by atoms with Crippen molar-refractivity contribution in [1.82, 2.24) is 0 Å². The number of nitrogens with zero attached hydrogens (tertiary/aromatic N) is 2. The number of likely N-dealkylation sites (N-methyl/N-ethyl adjacent to an activating group) is 1. The Hall–Kier alpha value is -1.75. The Morgan fingerprint density at radius 3 is 2.67 bits per heavy atom. The van der Waals surface area contributed by atoms with Crippen molar-refractivity contribution in [3.63, 3.8) is 0 Å². The van der Waals surface area contributed by atoms with Gasteiger partial charge >= 0.3 is 0 Å². The number of para-hydroxylation sites is 1. The third-order valence-electron chi connectivity index (χ3n) is 2.21. The van der Waals surface area contributed by atoms with Gasteiger partial charge in [-0.15, -0.1) is 0 Å². The molecule has 0 amide bonds. The molecule has 0 radical (unpaired) electrons. The Labute approximate surface area is 91.4 Å². The van der Waals surface area contributed by atoms with E-state index in [-0.39, 0.29) is 0 Å². The highest BCUT2D eigenvalue weighted by atomic mass is 15.1. The molecule has 15 heavy (non-hydrogen) atoms. The molecule has 0 saturated carbocycles. The van der Waals surface area contributed by atoms with Crippen molar-refractivity contribution in [3.05, 3.63) is 42.0 Å². The van der Waals surface area contributed by atoms with Crippen LogP contribution in [0.3, 0.4) is 0 Å². The van der Waals surface area contributed by atoms with Gasteiger partial charge in [0.15, 0.2) is 0 Å². The van der Waals surface area contributed by atoms with E-state index in [4.69, 9.17) is 5.26 Å². The summed E-state index contributed by atoms with van der Waals surface area (Å²) in [6, 6.07) is 9.87. The number of rotatable bonds is 4. The first-order valence-corrected chi connectivity index (χ1v) is 5.07. The molecule has 1 aromatic rings. The zero-order valence-corrected chi connectivity index (χ0v) is 9.33. The van der Waals surface area contributed by atoms with Gasteiger partial charge in [0.05, 0.1) is 11.3 Å². The third-order valence-corrected chi connectivity index (χ3v) is 2.21. The summed E-state index contributed by atoms with van der Waals surface area (Å²) in [6.07, 6.45) is 0. The summed E-state index contributed by atoms with van der Waals surface area (Å²) >= 11 is 0. The molecule has 0 aliphatic rings. The number of hydrogen-bond acceptors (Lipinski definition) is 2. The molecule has 1 rings (SSSR count). The Bertz CT molecular complexity index is 388. The van der Waals surface area contributed by atoms with Gasteiger partial charge in [-0.1, -0.05) is 24.3 Å². The average molecular weight is 200 g/mol. The molecule has 0 fully saturated rings. The molecule has 78 valence electrons. The zero-order valence-electron chi connectivity index (χ0n) is 9.33. The van der Waals surface area contributed by atoms with Crippen LogP contribution in [0, 0.1) is 11.3 Å². The van der Waals surface area contributed by atoms with Crippen LogP contribution in [0.25, 0.3) is 0 Å². The second-order valence-corrected chi connectivity index (χ2v) is 3.60. The maximum absolute atomic E-state index is 9.00. The van der Waals surface area contributed by atoms with Crippen LogP contribution >= 0.6 is 0 Å². The zero-order chi connectivity index (χ0) is 11.3. The molecule has 0 N–H and O–H groups in total. The molecule has 0 unspecified atom stereocenters. The first-order valence-electron chi connectivity index (χ1n) is 5.07. The first kappa shape index (κ1) is 11.3. The smallest absolute Gasteiger partial charge is 0.101 e. The van der Waals surface area contributed by atoms with Crippen LogP contribution in [0.15, 0.2) is 36.4 Å². The Kier molecular flexibility index (Phi) is 3.93. The van der Waals surface area contributed by atoms with Gasteiger partial charge in [0, 0.05) is 13.1 Å². The Morgan fingerprint density at radius 2 is 2.13 bits per heavy atom. The van der Waals surface area contributed by atoms with Gasteiger partial charge in [-0.05, 0) is 26.0 Å². The minimum Gasteiger partial charge on any atom is -0.367 e. The fourth-order valence-electron chi connectivity index (χ4n) is 1.54. The highest BCUT2D eigenvalue weighted by Crippen LogP contribution is 2.19. The molecule has 1 aromatic carbocycles. The summed E-state index contributed by atoms with van der Waals surface area (Å²) in [5.74, 6) is 0. The van der Waals surface area contributed by atoms with Gasteiger partial charge in [0.25, 0.3) is 0 Å². The lowest BCUT2D eigenvalue weighted by atomic mass is 10.1. The van der Waals surface area contributed by atoms with E-state index in [1.807, 2.05) is 31.2 Å². The topological polar surface area (TPSA) is 27.0 Å². The molecule has 0 aliphatic carbocycles. The van der Waals surface area contributed by atoms with Crippen LogP contribution in [0.2, 0.25) is 0 Å². The van der Waals surface area contributed by atoms with Gasteiger partial charge < -0.3 is 4.90 Å². The second kappa shape index (κ2) is 5.21. The van der Waals surface area contributed by atoms with E-state index in [1.165, 1.54) is 0 Å². The van der Waals surface area contributed by atoms with Gasteiger partial charge in [-0.2, -0.15) is 5.26 Å². The van der Waals surface area contributed by atoms with E-state index in [9.17, 15) is 0 Å². The maximum Gasteiger partial charge on any atom is 0.101 e. The normalized spacial score (nSPS) is 9.40. The van der Waals surface area contributed by atoms with Gasteiger partial charge in [-0.25, -0.2) is 0 Å². The van der Waals surface area contributed by atoms with E-state index in [0.717, 1.165) is 29.9 Å². The number of benzene rings is 1. The molecule has 0 atom stereocenters. The van der Waals surface area contributed by atoms with E-state index < -0.39 is 0 Å². The standard InChI is InChI=1S/C13H16N2/c1-4-15(10-11(2)3)13-8-6-5-7-12(13)9-14/h5-8H,2,4,10H2,1,3H3. The van der Waals surface area contributed by atoms with Crippen LogP contribution in [0.1, 0.15) is 19.4 Å². The highest BCUT2D eigenvalue weighted by molar-refractivity contribution is 5.59. The number of nitriles is 1. The quantitative estimate of drug-likeness (QED) is 0.699. The summed E-state index contributed by atoms with van der Waals surface area (Å²) in [5, 5.41) is 9.00. The molecule has 0 heterocycles. The Morgan fingerprint density at radius 1 is 1.47 bits per heavy atom. The lowest BCUT2D eigenvalue weighted by molar-refractivity contribution is 0.879. The molecule has 0 aromatic heterocycles. The average Bonchev–Trinajstić information content (AvgIpc) is 2.25. The molecule has 2 nitrogen and oxygen atoms in total. The minimum atomic E-state index is 0.723. The number of hydrogen-bond donors (Lipinski definition) is 0. The van der Waals surface area contributed by atoms with Crippen molar-refractivity contribution in [2.24, 2.45) is 0 Å². The predicted molar refractivity (Wildman–Crippen MR) is 63.9 cm³/mol. The SMILES string of the molecule is C=C(C)CN(CC)c1ccccc1C#N. The monoisotopic (exact) mass is 200 g/mol. The van der Waals surface area contributed by atoms with Crippen molar-refractivity contribution >= 4 is 5.69 Å². The molecular formula is C13H16N2. The van der Waals surface area contributed by atoms with Crippen LogP contribution in [0.4, 0.5) is 5.69 Å². The van der Waals surface area contributed by atoms with Gasteiger partial charge in [0.1, 0.15) is 6.07 Å². The fraction of sp³-hybridized carbons (Fsp3) is 0.308. The molecular weight excluding hydrogens is 184 g/mol. The molecule has 0 spiro atoms. The van der Waals surface area contributed by atoms with Crippen LogP contribution in [-0.2, 0) is 0 Å². The van der Waals surface area contributed by atoms with E-state index in [0.29, 0.717) is 0 Å². The Balaban J connectivity index is 3.01. The minimum absolute atomic E-state index is 0.723. The molecule has 0 bridgehead atoms. The fourth-order valence-corrected chi connectivity index (χ4v) is 1.54. The summed E-state index contributed by atoms with van der Waals surface area (Å²) in [6.45, 7) is 9.66. The van der Waals surface area contributed by atoms with Crippen LogP contribution < -0.4 is 4.90 Å². The summed E-state index contributed by atoms with van der Waals surface area (Å²) < 4.78 is 0. The lowest BCUT2D eigenvalue weighted by Gasteiger charge is -2.24. The summed E-state index contributed by atoms with van der Waals surface area (Å²) in [7, 11) is 0. The summed E-state index contributed by atoms with van der Waals surface area (Å²) in [5.41, 5.74) is 2.82. The molecule has 0 saturated heterocycles. The predicted octanol–water partition coefficient (Wildman–Crippen LogP) is 2.96. The van der Waals surface area contributed by atoms with E-state index >= 15 is 0 Å². The van der Waals surface area contributed by atoms with E-state index in [1.54, 1.807) is 0 Å². The van der Waals surface area contributed by atoms with Crippen molar-refractivity contribution in [1.29, 1.82) is 5.26 Å². The van der Waals surface area contributed by atoms with Crippen molar-refractivity contribution in [2.45, 2.75) is 13.8 Å². The first-order chi connectivity index (χ1) is 7.19. The number of anilines is 1. The molecule has 2 heteroatoms. The lowest BCUT2D eigenvalue weighted by Crippen LogP contribution is -2.25. The van der Waals surface area contributed by atoms with Gasteiger partial charge in [-0.3, -0.25) is 0 Å². The van der Waals surface area contributed by atoms with E-state index in [2.05, 4.69) is 24.5 Å². The van der Waals surface area contributed by atoms with Gasteiger partial charge in [0.2, 0.25) is 0 Å². The van der Waals surface area contributed by atoms with Crippen LogP contribution in [-0.4, -0.2) is 13.1 Å². The third kappa shape index (κ3) is 2.85. The van der Waals surface area contributed by atoms with Crippen molar-refractivity contribution < 1.29 is 0 Å². The largest absolute Gasteiger partial charge is 0.367 e. The maximum atomic E-state index is 9.00.